The van der Waals surface area contributed by atoms with Gasteiger partial charge in [0, 0.05) is 4.47 Å². The first-order chi connectivity index (χ1) is 5.68. The highest BCUT2D eigenvalue weighted by molar-refractivity contribution is 9.10. The number of halogens is 2. The molecule has 0 amide bonds. The van der Waals surface area contributed by atoms with Gasteiger partial charge < -0.3 is 0 Å². The monoisotopic (exact) mass is 226 g/mol. The molecule has 12 heavy (non-hydrogen) atoms. The zero-order valence-electron chi connectivity index (χ0n) is 6.70. The summed E-state index contributed by atoms with van der Waals surface area (Å²) in [5.74, 6) is -0.104. The molecule has 1 aliphatic carbocycles. The molecule has 0 unspecified atom stereocenters. The third-order valence-electron chi connectivity index (χ3n) is 2.20. The summed E-state index contributed by atoms with van der Waals surface area (Å²) < 4.78 is 14.1. The summed E-state index contributed by atoms with van der Waals surface area (Å²) in [5.41, 5.74) is 3.04. The van der Waals surface area contributed by atoms with Gasteiger partial charge in [-0.1, -0.05) is 22.0 Å². The van der Waals surface area contributed by atoms with E-state index < -0.39 is 0 Å². The highest BCUT2D eigenvalue weighted by Crippen LogP contribution is 2.31. The van der Waals surface area contributed by atoms with Crippen molar-refractivity contribution in [2.45, 2.75) is 13.3 Å². The second-order valence-electron chi connectivity index (χ2n) is 3.00. The first kappa shape index (κ1) is 7.99. The van der Waals surface area contributed by atoms with E-state index in [1.807, 2.05) is 13.0 Å². The molecule has 0 N–H and O–H groups in total. The maximum atomic E-state index is 13.3. The Morgan fingerprint density at radius 2 is 2.17 bits per heavy atom. The van der Waals surface area contributed by atoms with Crippen LogP contribution in [0.1, 0.15) is 18.1 Å². The summed E-state index contributed by atoms with van der Waals surface area (Å²) in [7, 11) is 0. The Bertz CT molecular complexity index is 366. The number of hydrogen-bond donors (Lipinski definition) is 0. The van der Waals surface area contributed by atoms with E-state index in [2.05, 4.69) is 22.0 Å². The predicted molar refractivity (Wildman–Crippen MR) is 51.5 cm³/mol. The lowest BCUT2D eigenvalue weighted by molar-refractivity contribution is 0.614. The van der Waals surface area contributed by atoms with Gasteiger partial charge in [0.25, 0.3) is 0 Å². The number of allylic oxidation sites excluding steroid dienone is 2. The van der Waals surface area contributed by atoms with Crippen molar-refractivity contribution < 1.29 is 4.39 Å². The first-order valence-electron chi connectivity index (χ1n) is 3.83. The molecule has 0 saturated heterocycles. The van der Waals surface area contributed by atoms with Crippen molar-refractivity contribution in [1.29, 1.82) is 0 Å². The predicted octanol–water partition coefficient (Wildman–Crippen LogP) is 3.55. The molecule has 0 spiro atoms. The Labute approximate surface area is 79.2 Å². The summed E-state index contributed by atoms with van der Waals surface area (Å²) in [6.45, 7) is 2.01. The minimum atomic E-state index is -0.104. The van der Waals surface area contributed by atoms with E-state index in [1.165, 1.54) is 11.6 Å². The van der Waals surface area contributed by atoms with Gasteiger partial charge in [0.1, 0.15) is 5.82 Å². The van der Waals surface area contributed by atoms with Crippen molar-refractivity contribution in [3.63, 3.8) is 0 Å². The molecule has 0 bridgehead atoms. The molecule has 0 aliphatic heterocycles. The Balaban J connectivity index is 2.67. The highest BCUT2D eigenvalue weighted by Gasteiger charge is 2.15. The first-order valence-corrected chi connectivity index (χ1v) is 4.63. The largest absolute Gasteiger partial charge is 0.207 e. The van der Waals surface area contributed by atoms with Crippen molar-refractivity contribution in [3.05, 3.63) is 39.6 Å². The summed E-state index contributed by atoms with van der Waals surface area (Å²) >= 11 is 3.28. The lowest BCUT2D eigenvalue weighted by atomic mass is 10.1. The van der Waals surface area contributed by atoms with Gasteiger partial charge in [0.2, 0.25) is 0 Å². The Hall–Kier alpha value is -0.630. The molecular weight excluding hydrogens is 219 g/mol. The van der Waals surface area contributed by atoms with Crippen LogP contribution in [0.4, 0.5) is 4.39 Å². The molecule has 0 saturated carbocycles. The van der Waals surface area contributed by atoms with Crippen LogP contribution >= 0.6 is 15.9 Å². The van der Waals surface area contributed by atoms with Gasteiger partial charge in [-0.3, -0.25) is 0 Å². The van der Waals surface area contributed by atoms with E-state index in [-0.39, 0.29) is 5.82 Å². The quantitative estimate of drug-likeness (QED) is 0.635. The third-order valence-corrected chi connectivity index (χ3v) is 2.66. The van der Waals surface area contributed by atoms with Crippen LogP contribution in [-0.4, -0.2) is 0 Å². The van der Waals surface area contributed by atoms with E-state index in [0.29, 0.717) is 0 Å². The van der Waals surface area contributed by atoms with Crippen LogP contribution in [0.3, 0.4) is 0 Å². The van der Waals surface area contributed by atoms with Crippen LogP contribution in [0.15, 0.2) is 22.7 Å². The van der Waals surface area contributed by atoms with Gasteiger partial charge in [-0.25, -0.2) is 4.39 Å². The molecule has 0 heterocycles. The van der Waals surface area contributed by atoms with E-state index in [9.17, 15) is 4.39 Å². The standard InChI is InChI=1S/C10H8BrF/c1-6-2-3-8-9(6)4-7(11)5-10(8)12/h2,4-5H,3H2,1H3. The number of hydrogen-bond acceptors (Lipinski definition) is 0. The van der Waals surface area contributed by atoms with Crippen molar-refractivity contribution in [2.75, 3.05) is 0 Å². The molecule has 2 rings (SSSR count). The van der Waals surface area contributed by atoms with Gasteiger partial charge in [-0.2, -0.15) is 0 Å². The maximum Gasteiger partial charge on any atom is 0.128 e. The van der Waals surface area contributed by atoms with Crippen LogP contribution in [0.2, 0.25) is 0 Å². The fourth-order valence-corrected chi connectivity index (χ4v) is 1.96. The van der Waals surface area contributed by atoms with Crippen molar-refractivity contribution in [3.8, 4) is 0 Å². The average Bonchev–Trinajstić information content (AvgIpc) is 2.33. The van der Waals surface area contributed by atoms with E-state index in [0.717, 1.165) is 22.0 Å². The second kappa shape index (κ2) is 2.70. The summed E-state index contributed by atoms with van der Waals surface area (Å²) in [4.78, 5) is 0. The minimum Gasteiger partial charge on any atom is -0.207 e. The van der Waals surface area contributed by atoms with Gasteiger partial charge in [-0.05, 0) is 42.2 Å². The van der Waals surface area contributed by atoms with Crippen LogP contribution in [0.5, 0.6) is 0 Å². The van der Waals surface area contributed by atoms with Gasteiger partial charge in [0.05, 0.1) is 0 Å². The lowest BCUT2D eigenvalue weighted by Gasteiger charge is -2.03. The minimum absolute atomic E-state index is 0.104. The topological polar surface area (TPSA) is 0 Å². The van der Waals surface area contributed by atoms with E-state index >= 15 is 0 Å². The molecule has 1 aromatic rings. The molecule has 0 nitrogen and oxygen atoms in total. The zero-order chi connectivity index (χ0) is 8.72. The number of benzene rings is 1. The third kappa shape index (κ3) is 1.11. The Morgan fingerprint density at radius 1 is 1.42 bits per heavy atom. The van der Waals surface area contributed by atoms with Crippen LogP contribution in [0.25, 0.3) is 5.57 Å². The van der Waals surface area contributed by atoms with Crippen LogP contribution in [0, 0.1) is 5.82 Å². The summed E-state index contributed by atoms with van der Waals surface area (Å²) in [6.07, 6.45) is 2.79. The molecule has 62 valence electrons. The normalized spacial score (nSPS) is 14.4. The maximum absolute atomic E-state index is 13.3. The molecule has 1 aliphatic rings. The Kier molecular flexibility index (Phi) is 1.80. The van der Waals surface area contributed by atoms with Gasteiger partial charge >= 0.3 is 0 Å². The highest BCUT2D eigenvalue weighted by atomic mass is 79.9. The SMILES string of the molecule is CC1=CCc2c(F)cc(Br)cc21. The number of rotatable bonds is 0. The zero-order valence-corrected chi connectivity index (χ0v) is 8.28. The van der Waals surface area contributed by atoms with E-state index in [1.54, 1.807) is 0 Å². The van der Waals surface area contributed by atoms with Crippen molar-refractivity contribution in [1.82, 2.24) is 0 Å². The summed E-state index contributed by atoms with van der Waals surface area (Å²) in [6, 6.07) is 3.49. The van der Waals surface area contributed by atoms with Crippen LogP contribution < -0.4 is 0 Å². The van der Waals surface area contributed by atoms with Crippen LogP contribution in [-0.2, 0) is 6.42 Å². The molecule has 1 aromatic carbocycles. The average molecular weight is 227 g/mol. The smallest absolute Gasteiger partial charge is 0.128 e. The van der Waals surface area contributed by atoms with Gasteiger partial charge in [0.15, 0.2) is 0 Å². The lowest BCUT2D eigenvalue weighted by Crippen LogP contribution is -1.89. The molecule has 0 fully saturated rings. The fourth-order valence-electron chi connectivity index (χ4n) is 1.53. The Morgan fingerprint density at radius 3 is 2.92 bits per heavy atom. The summed E-state index contributed by atoms with van der Waals surface area (Å²) in [5, 5.41) is 0. The molecule has 0 atom stereocenters. The van der Waals surface area contributed by atoms with E-state index in [4.69, 9.17) is 0 Å². The molecule has 0 aromatic heterocycles. The molecular formula is C10H8BrF. The second-order valence-corrected chi connectivity index (χ2v) is 3.92. The molecule has 2 heteroatoms. The van der Waals surface area contributed by atoms with Crippen molar-refractivity contribution >= 4 is 21.5 Å². The van der Waals surface area contributed by atoms with Crippen molar-refractivity contribution in [2.24, 2.45) is 0 Å². The number of fused-ring (bicyclic) bond motifs is 1. The van der Waals surface area contributed by atoms with Gasteiger partial charge in [-0.15, -0.1) is 0 Å². The molecule has 0 radical (unpaired) electrons. The fraction of sp³-hybridized carbons (Fsp3) is 0.200.